The smallest absolute Gasteiger partial charge is 0.240 e. The predicted molar refractivity (Wildman–Crippen MR) is 57.2 cm³/mol. The van der Waals surface area contributed by atoms with E-state index in [-0.39, 0.29) is 18.1 Å². The number of hydrogen-bond acceptors (Lipinski definition) is 3. The first-order chi connectivity index (χ1) is 7.12. The minimum atomic E-state index is -0.642. The molecule has 2 rings (SSSR count). The average Bonchev–Trinajstić information content (AvgIpc) is 2.18. The third-order valence-corrected chi connectivity index (χ3v) is 3.74. The van der Waals surface area contributed by atoms with Gasteiger partial charge in [-0.1, -0.05) is 12.8 Å². The molecule has 2 atom stereocenters. The van der Waals surface area contributed by atoms with Crippen molar-refractivity contribution in [1.82, 2.24) is 5.32 Å². The average molecular weight is 212 g/mol. The second-order valence-corrected chi connectivity index (χ2v) is 4.94. The number of aliphatic hydroxyl groups excluding tert-OH is 1. The van der Waals surface area contributed by atoms with Gasteiger partial charge in [0.25, 0.3) is 0 Å². The van der Waals surface area contributed by atoms with Gasteiger partial charge in [0.05, 0.1) is 17.7 Å². The number of rotatable bonds is 2. The van der Waals surface area contributed by atoms with Gasteiger partial charge in [-0.3, -0.25) is 4.79 Å². The normalized spacial score (nSPS) is 34.3. The van der Waals surface area contributed by atoms with Crippen LogP contribution >= 0.6 is 0 Å². The Kier molecular flexibility index (Phi) is 2.98. The SMILES string of the molecule is NC1(C(=O)N[C@H]2CCCC[C@@H]2O)CCC1. The topological polar surface area (TPSA) is 75.4 Å². The first-order valence-corrected chi connectivity index (χ1v) is 5.90. The van der Waals surface area contributed by atoms with Crippen molar-refractivity contribution in [2.45, 2.75) is 62.6 Å². The molecular weight excluding hydrogens is 192 g/mol. The van der Waals surface area contributed by atoms with Crippen LogP contribution in [0, 0.1) is 0 Å². The van der Waals surface area contributed by atoms with E-state index in [1.165, 1.54) is 0 Å². The molecule has 0 heterocycles. The molecule has 0 aliphatic heterocycles. The predicted octanol–water partition coefficient (Wildman–Crippen LogP) is 0.287. The molecule has 2 aliphatic carbocycles. The molecule has 0 saturated heterocycles. The lowest BCUT2D eigenvalue weighted by atomic mass is 9.76. The molecule has 4 N–H and O–H groups in total. The molecular formula is C11H20N2O2. The molecule has 0 radical (unpaired) electrons. The Balaban J connectivity index is 1.87. The Bertz CT molecular complexity index is 251. The van der Waals surface area contributed by atoms with Crippen molar-refractivity contribution in [3.05, 3.63) is 0 Å². The van der Waals surface area contributed by atoms with Gasteiger partial charge in [0, 0.05) is 0 Å². The van der Waals surface area contributed by atoms with Gasteiger partial charge < -0.3 is 16.2 Å². The molecule has 4 nitrogen and oxygen atoms in total. The molecule has 4 heteroatoms. The number of hydrogen-bond donors (Lipinski definition) is 3. The lowest BCUT2D eigenvalue weighted by Gasteiger charge is -2.39. The van der Waals surface area contributed by atoms with Crippen molar-refractivity contribution in [2.75, 3.05) is 0 Å². The lowest BCUT2D eigenvalue weighted by Crippen LogP contribution is -2.61. The van der Waals surface area contributed by atoms with Crippen LogP contribution in [0.4, 0.5) is 0 Å². The summed E-state index contributed by atoms with van der Waals surface area (Å²) < 4.78 is 0. The maximum Gasteiger partial charge on any atom is 0.240 e. The molecule has 0 spiro atoms. The standard InChI is InChI=1S/C11H20N2O2/c12-11(6-3-7-11)10(15)13-8-4-1-2-5-9(8)14/h8-9,14H,1-7,12H2,(H,13,15)/t8-,9-/m0/s1. The second kappa shape index (κ2) is 4.10. The van der Waals surface area contributed by atoms with Crippen LogP contribution in [0.5, 0.6) is 0 Å². The van der Waals surface area contributed by atoms with Crippen LogP contribution in [0.2, 0.25) is 0 Å². The van der Waals surface area contributed by atoms with Gasteiger partial charge >= 0.3 is 0 Å². The molecule has 0 aromatic carbocycles. The van der Waals surface area contributed by atoms with E-state index >= 15 is 0 Å². The Morgan fingerprint density at radius 2 is 1.93 bits per heavy atom. The fourth-order valence-electron chi connectivity index (χ4n) is 2.38. The monoisotopic (exact) mass is 212 g/mol. The number of amides is 1. The van der Waals surface area contributed by atoms with E-state index in [0.29, 0.717) is 0 Å². The van der Waals surface area contributed by atoms with Crippen molar-refractivity contribution in [2.24, 2.45) is 5.73 Å². The van der Waals surface area contributed by atoms with Gasteiger partial charge in [0.1, 0.15) is 0 Å². The van der Waals surface area contributed by atoms with Gasteiger partial charge in [-0.05, 0) is 32.1 Å². The maximum absolute atomic E-state index is 11.8. The molecule has 86 valence electrons. The number of nitrogens with two attached hydrogens (primary N) is 1. The van der Waals surface area contributed by atoms with Crippen molar-refractivity contribution in [1.29, 1.82) is 0 Å². The van der Waals surface area contributed by atoms with E-state index in [1.54, 1.807) is 0 Å². The quantitative estimate of drug-likeness (QED) is 0.615. The summed E-state index contributed by atoms with van der Waals surface area (Å²) in [4.78, 5) is 11.8. The van der Waals surface area contributed by atoms with E-state index in [1.807, 2.05) is 0 Å². The van der Waals surface area contributed by atoms with Crippen LogP contribution < -0.4 is 11.1 Å². The zero-order valence-electron chi connectivity index (χ0n) is 9.04. The van der Waals surface area contributed by atoms with Crippen molar-refractivity contribution < 1.29 is 9.90 Å². The third kappa shape index (κ3) is 2.16. The van der Waals surface area contributed by atoms with Crippen molar-refractivity contribution >= 4 is 5.91 Å². The zero-order chi connectivity index (χ0) is 10.9. The van der Waals surface area contributed by atoms with Gasteiger partial charge in [-0.15, -0.1) is 0 Å². The van der Waals surface area contributed by atoms with Gasteiger partial charge in [0.15, 0.2) is 0 Å². The van der Waals surface area contributed by atoms with Crippen molar-refractivity contribution in [3.8, 4) is 0 Å². The third-order valence-electron chi connectivity index (χ3n) is 3.74. The number of aliphatic hydroxyl groups is 1. The summed E-state index contributed by atoms with van der Waals surface area (Å²) in [7, 11) is 0. The summed E-state index contributed by atoms with van der Waals surface area (Å²) in [5.74, 6) is -0.0697. The Labute approximate surface area is 90.2 Å². The van der Waals surface area contributed by atoms with Gasteiger partial charge in [-0.2, -0.15) is 0 Å². The van der Waals surface area contributed by atoms with Gasteiger partial charge in [-0.25, -0.2) is 0 Å². The van der Waals surface area contributed by atoms with Crippen LogP contribution in [0.15, 0.2) is 0 Å². The minimum absolute atomic E-state index is 0.0697. The van der Waals surface area contributed by atoms with E-state index in [2.05, 4.69) is 5.32 Å². The molecule has 15 heavy (non-hydrogen) atoms. The molecule has 0 aromatic heterocycles. The lowest BCUT2D eigenvalue weighted by molar-refractivity contribution is -0.131. The fraction of sp³-hybridized carbons (Fsp3) is 0.909. The van der Waals surface area contributed by atoms with Crippen LogP contribution in [0.3, 0.4) is 0 Å². The Hall–Kier alpha value is -0.610. The minimum Gasteiger partial charge on any atom is -0.391 e. The summed E-state index contributed by atoms with van der Waals surface area (Å²) in [6.45, 7) is 0. The summed E-state index contributed by atoms with van der Waals surface area (Å²) >= 11 is 0. The van der Waals surface area contributed by atoms with E-state index in [4.69, 9.17) is 5.73 Å². The highest BCUT2D eigenvalue weighted by Crippen LogP contribution is 2.30. The highest BCUT2D eigenvalue weighted by Gasteiger charge is 2.41. The highest BCUT2D eigenvalue weighted by atomic mass is 16.3. The first kappa shape index (κ1) is 10.9. The second-order valence-electron chi connectivity index (χ2n) is 4.94. The number of nitrogens with one attached hydrogen (secondary N) is 1. The molecule has 2 aliphatic rings. The first-order valence-electron chi connectivity index (χ1n) is 5.90. The molecule has 0 unspecified atom stereocenters. The van der Waals surface area contributed by atoms with Gasteiger partial charge in [0.2, 0.25) is 5.91 Å². The van der Waals surface area contributed by atoms with Crippen LogP contribution in [-0.4, -0.2) is 28.7 Å². The summed E-state index contributed by atoms with van der Waals surface area (Å²) in [5, 5.41) is 12.6. The molecule has 2 fully saturated rings. The summed E-state index contributed by atoms with van der Waals surface area (Å²) in [5.41, 5.74) is 5.27. The van der Waals surface area contributed by atoms with Crippen molar-refractivity contribution in [3.63, 3.8) is 0 Å². The molecule has 0 aromatic rings. The number of carbonyl (C=O) groups excluding carboxylic acids is 1. The fourth-order valence-corrected chi connectivity index (χ4v) is 2.38. The van der Waals surface area contributed by atoms with E-state index in [9.17, 15) is 9.90 Å². The Morgan fingerprint density at radius 1 is 1.27 bits per heavy atom. The summed E-state index contributed by atoms with van der Waals surface area (Å²) in [6, 6.07) is -0.0766. The zero-order valence-corrected chi connectivity index (χ0v) is 9.04. The Morgan fingerprint density at radius 3 is 2.47 bits per heavy atom. The van der Waals surface area contributed by atoms with Crippen LogP contribution in [-0.2, 0) is 4.79 Å². The maximum atomic E-state index is 11.8. The number of carbonyl (C=O) groups is 1. The summed E-state index contributed by atoms with van der Waals surface area (Å²) in [6.07, 6.45) is 6.03. The molecule has 2 saturated carbocycles. The van der Waals surface area contributed by atoms with Crippen LogP contribution in [0.1, 0.15) is 44.9 Å². The molecule has 1 amide bonds. The highest BCUT2D eigenvalue weighted by molar-refractivity contribution is 5.87. The van der Waals surface area contributed by atoms with E-state index in [0.717, 1.165) is 44.9 Å². The largest absolute Gasteiger partial charge is 0.391 e. The van der Waals surface area contributed by atoms with E-state index < -0.39 is 5.54 Å². The van der Waals surface area contributed by atoms with Crippen LogP contribution in [0.25, 0.3) is 0 Å². The molecule has 0 bridgehead atoms.